The molecule has 1 fully saturated rings. The molecule has 0 heterocycles. The van der Waals surface area contributed by atoms with Gasteiger partial charge in [0.2, 0.25) is 5.78 Å². The molecular weight excluding hydrogens is 287 g/mol. The molecule has 1 aromatic carbocycles. The number of nitrogens with one attached hydrogen (secondary N) is 1. The lowest BCUT2D eigenvalue weighted by atomic mass is 10.0. The quantitative estimate of drug-likeness (QED) is 0.226. The lowest BCUT2D eigenvalue weighted by Crippen LogP contribution is -2.20. The fraction of sp³-hybridized carbons (Fsp3) is 0.286. The number of ketones is 1. The van der Waals surface area contributed by atoms with Crippen molar-refractivity contribution in [3.63, 3.8) is 0 Å². The largest absolute Gasteiger partial charge is 0.465 e. The second kappa shape index (κ2) is 5.99. The van der Waals surface area contributed by atoms with Crippen LogP contribution < -0.4 is 5.32 Å². The first-order chi connectivity index (χ1) is 9.93. The number of carbonyl (C=O) groups is 2. The van der Waals surface area contributed by atoms with E-state index < -0.39 is 40.3 Å². The van der Waals surface area contributed by atoms with E-state index in [0.29, 0.717) is 6.07 Å². The molecule has 0 bridgehead atoms. The third-order valence-electron chi connectivity index (χ3n) is 2.95. The first kappa shape index (κ1) is 15.1. The summed E-state index contributed by atoms with van der Waals surface area (Å²) in [7, 11) is 1.06. The van der Waals surface area contributed by atoms with Crippen molar-refractivity contribution in [1.29, 1.82) is 0 Å². The number of hydrogen-bond acceptors (Lipinski definition) is 4. The van der Waals surface area contributed by atoms with E-state index in [-0.39, 0.29) is 12.1 Å². The van der Waals surface area contributed by atoms with Crippen molar-refractivity contribution >= 4 is 11.8 Å². The molecule has 7 heteroatoms. The molecule has 21 heavy (non-hydrogen) atoms. The summed E-state index contributed by atoms with van der Waals surface area (Å²) in [5, 5.41) is 2.79. The summed E-state index contributed by atoms with van der Waals surface area (Å²) in [6, 6.07) is 0.819. The van der Waals surface area contributed by atoms with Gasteiger partial charge in [0.05, 0.1) is 12.7 Å². The Morgan fingerprint density at radius 3 is 2.38 bits per heavy atom. The summed E-state index contributed by atoms with van der Waals surface area (Å²) in [6.07, 6.45) is 2.89. The van der Waals surface area contributed by atoms with Crippen molar-refractivity contribution < 1.29 is 27.5 Å². The van der Waals surface area contributed by atoms with Crippen LogP contribution in [-0.4, -0.2) is 24.9 Å². The van der Waals surface area contributed by atoms with E-state index in [1.807, 2.05) is 0 Å². The monoisotopic (exact) mass is 299 g/mol. The van der Waals surface area contributed by atoms with E-state index in [1.165, 1.54) is 0 Å². The number of hydrogen-bond donors (Lipinski definition) is 1. The van der Waals surface area contributed by atoms with E-state index in [4.69, 9.17) is 0 Å². The summed E-state index contributed by atoms with van der Waals surface area (Å²) in [5.74, 6) is -6.10. The molecule has 0 spiro atoms. The number of esters is 1. The van der Waals surface area contributed by atoms with E-state index in [2.05, 4.69) is 10.1 Å². The zero-order chi connectivity index (χ0) is 15.6. The van der Waals surface area contributed by atoms with Crippen LogP contribution in [0.4, 0.5) is 13.2 Å². The molecular formula is C14H12F3NO3. The molecule has 0 atom stereocenters. The summed E-state index contributed by atoms with van der Waals surface area (Å²) in [5.41, 5.74) is -1.21. The molecule has 1 aliphatic carbocycles. The summed E-state index contributed by atoms with van der Waals surface area (Å²) in [6.45, 7) is 0. The number of benzene rings is 1. The maximum absolute atomic E-state index is 13.6. The molecule has 112 valence electrons. The van der Waals surface area contributed by atoms with Crippen LogP contribution in [0.25, 0.3) is 0 Å². The zero-order valence-electron chi connectivity index (χ0n) is 11.1. The molecule has 4 nitrogen and oxygen atoms in total. The molecule has 0 aliphatic heterocycles. The van der Waals surface area contributed by atoms with Gasteiger partial charge < -0.3 is 10.1 Å². The number of carbonyl (C=O) groups excluding carboxylic acids is 2. The minimum atomic E-state index is -1.41. The van der Waals surface area contributed by atoms with E-state index in [1.54, 1.807) is 0 Å². The Kier molecular flexibility index (Phi) is 4.30. The van der Waals surface area contributed by atoms with Crippen molar-refractivity contribution in [2.45, 2.75) is 18.9 Å². The van der Waals surface area contributed by atoms with Gasteiger partial charge in [-0.3, -0.25) is 4.79 Å². The van der Waals surface area contributed by atoms with Crippen LogP contribution in [-0.2, 0) is 9.53 Å². The SMILES string of the molecule is COC(=O)C(=CNC1CC1)C(=O)c1cc(F)c(F)cc1F. The highest BCUT2D eigenvalue weighted by molar-refractivity contribution is 6.24. The van der Waals surface area contributed by atoms with E-state index >= 15 is 0 Å². The number of ether oxygens (including phenoxy) is 1. The first-order valence-corrected chi connectivity index (χ1v) is 6.17. The van der Waals surface area contributed by atoms with Crippen LogP contribution in [0.1, 0.15) is 23.2 Å². The standard InChI is InChI=1S/C14H12F3NO3/c1-21-14(20)9(6-18-7-2-3-7)13(19)8-4-11(16)12(17)5-10(8)15/h4-7,18H,2-3H2,1H3. The Bertz CT molecular complexity index is 624. The van der Waals surface area contributed by atoms with Crippen LogP contribution >= 0.6 is 0 Å². The van der Waals surface area contributed by atoms with Gasteiger partial charge in [-0.2, -0.15) is 0 Å². The molecule has 1 saturated carbocycles. The van der Waals surface area contributed by atoms with Crippen LogP contribution in [0.2, 0.25) is 0 Å². The number of Topliss-reactive ketones (excluding diaryl/α,β-unsaturated/α-hetero) is 1. The van der Waals surface area contributed by atoms with E-state index in [9.17, 15) is 22.8 Å². The Morgan fingerprint density at radius 1 is 1.19 bits per heavy atom. The third kappa shape index (κ3) is 3.42. The fourth-order valence-corrected chi connectivity index (χ4v) is 1.62. The molecule has 0 radical (unpaired) electrons. The van der Waals surface area contributed by atoms with Gasteiger partial charge in [-0.05, 0) is 18.9 Å². The smallest absolute Gasteiger partial charge is 0.343 e. The maximum atomic E-state index is 13.6. The van der Waals surface area contributed by atoms with Crippen LogP contribution in [0.5, 0.6) is 0 Å². The third-order valence-corrected chi connectivity index (χ3v) is 2.95. The van der Waals surface area contributed by atoms with Crippen molar-refractivity contribution in [3.05, 3.63) is 46.9 Å². The number of methoxy groups -OCH3 is 1. The van der Waals surface area contributed by atoms with Crippen molar-refractivity contribution in [1.82, 2.24) is 5.32 Å². The molecule has 0 saturated heterocycles. The van der Waals surface area contributed by atoms with Crippen molar-refractivity contribution in [3.8, 4) is 0 Å². The summed E-state index contributed by atoms with van der Waals surface area (Å²) < 4.78 is 44.0. The highest BCUT2D eigenvalue weighted by Gasteiger charge is 2.26. The minimum absolute atomic E-state index is 0.146. The summed E-state index contributed by atoms with van der Waals surface area (Å²) in [4.78, 5) is 23.7. The molecule has 1 aliphatic rings. The van der Waals surface area contributed by atoms with Crippen molar-refractivity contribution in [2.75, 3.05) is 7.11 Å². The van der Waals surface area contributed by atoms with Gasteiger partial charge in [-0.1, -0.05) is 0 Å². The number of halogens is 3. The van der Waals surface area contributed by atoms with E-state index in [0.717, 1.165) is 26.2 Å². The normalized spacial score (nSPS) is 14.8. The maximum Gasteiger partial charge on any atom is 0.343 e. The zero-order valence-corrected chi connectivity index (χ0v) is 11.1. The Balaban J connectivity index is 2.35. The first-order valence-electron chi connectivity index (χ1n) is 6.17. The van der Waals surface area contributed by atoms with Gasteiger partial charge in [0, 0.05) is 18.3 Å². The van der Waals surface area contributed by atoms with Crippen LogP contribution in [0.3, 0.4) is 0 Å². The van der Waals surface area contributed by atoms with Gasteiger partial charge in [-0.25, -0.2) is 18.0 Å². The van der Waals surface area contributed by atoms with Gasteiger partial charge in [-0.15, -0.1) is 0 Å². The molecule has 0 aromatic heterocycles. The van der Waals surface area contributed by atoms with Gasteiger partial charge >= 0.3 is 5.97 Å². The highest BCUT2D eigenvalue weighted by atomic mass is 19.2. The number of rotatable bonds is 5. The molecule has 0 unspecified atom stereocenters. The average molecular weight is 299 g/mol. The van der Waals surface area contributed by atoms with Gasteiger partial charge in [0.15, 0.2) is 11.6 Å². The lowest BCUT2D eigenvalue weighted by Gasteiger charge is -2.07. The lowest BCUT2D eigenvalue weighted by molar-refractivity contribution is -0.135. The average Bonchev–Trinajstić information content (AvgIpc) is 3.26. The molecule has 2 rings (SSSR count). The Hall–Kier alpha value is -2.31. The van der Waals surface area contributed by atoms with Gasteiger partial charge in [0.1, 0.15) is 11.4 Å². The van der Waals surface area contributed by atoms with Crippen LogP contribution in [0.15, 0.2) is 23.9 Å². The molecule has 1 aromatic rings. The topological polar surface area (TPSA) is 55.4 Å². The van der Waals surface area contributed by atoms with Gasteiger partial charge in [0.25, 0.3) is 0 Å². The second-order valence-corrected chi connectivity index (χ2v) is 4.57. The Morgan fingerprint density at radius 2 is 1.81 bits per heavy atom. The minimum Gasteiger partial charge on any atom is -0.465 e. The summed E-state index contributed by atoms with van der Waals surface area (Å²) >= 11 is 0. The Labute approximate surface area is 118 Å². The molecule has 1 N–H and O–H groups in total. The predicted molar refractivity (Wildman–Crippen MR) is 66.9 cm³/mol. The van der Waals surface area contributed by atoms with Crippen LogP contribution in [0, 0.1) is 17.5 Å². The highest BCUT2D eigenvalue weighted by Crippen LogP contribution is 2.21. The molecule has 0 amide bonds. The fourth-order valence-electron chi connectivity index (χ4n) is 1.62. The predicted octanol–water partition coefficient (Wildman–Crippen LogP) is 2.10. The van der Waals surface area contributed by atoms with Crippen molar-refractivity contribution in [2.24, 2.45) is 0 Å². The second-order valence-electron chi connectivity index (χ2n) is 4.57.